The van der Waals surface area contributed by atoms with Gasteiger partial charge >= 0.3 is 6.03 Å². The van der Waals surface area contributed by atoms with E-state index in [9.17, 15) is 10.1 Å². The highest BCUT2D eigenvalue weighted by Gasteiger charge is 2.31. The number of nitrogens with zero attached hydrogens (tertiary/aromatic N) is 5. The minimum absolute atomic E-state index is 0.0261. The van der Waals surface area contributed by atoms with Crippen LogP contribution in [0.2, 0.25) is 0 Å². The number of benzene rings is 1. The van der Waals surface area contributed by atoms with Crippen molar-refractivity contribution in [3.05, 3.63) is 41.1 Å². The van der Waals surface area contributed by atoms with Crippen LogP contribution in [0.1, 0.15) is 55.3 Å². The van der Waals surface area contributed by atoms with Crippen molar-refractivity contribution in [1.29, 1.82) is 5.26 Å². The summed E-state index contributed by atoms with van der Waals surface area (Å²) in [6, 6.07) is 8.99. The Hall–Kier alpha value is -3.34. The quantitative estimate of drug-likeness (QED) is 0.745. The van der Waals surface area contributed by atoms with Crippen molar-refractivity contribution < 1.29 is 4.79 Å². The number of urea groups is 1. The number of nitriles is 1. The molecule has 0 aliphatic heterocycles. The zero-order chi connectivity index (χ0) is 22.7. The summed E-state index contributed by atoms with van der Waals surface area (Å²) in [5, 5.41) is 13.0. The molecule has 0 unspecified atom stereocenters. The first-order valence-corrected chi connectivity index (χ1v) is 11.4. The van der Waals surface area contributed by atoms with Gasteiger partial charge in [0.1, 0.15) is 11.9 Å². The van der Waals surface area contributed by atoms with E-state index < -0.39 is 6.03 Å². The van der Waals surface area contributed by atoms with E-state index in [1.807, 2.05) is 20.2 Å². The standard InChI is InChI=1S/C24H31N7O/c1-30(2)22-19-8-4-5-9-20(19)28-24(29-22)27-17-11-13-18(14-12-17)31(23(26)32)21-10-6-3-7-16(21)15-25/h3,6-7,10,17-18H,4-5,8-9,11-14H2,1-2H3,(H2,26,32)(H,27,28,29). The fourth-order valence-electron chi connectivity index (χ4n) is 4.94. The molecule has 8 heteroatoms. The highest BCUT2D eigenvalue weighted by Crippen LogP contribution is 2.32. The average molecular weight is 434 g/mol. The zero-order valence-corrected chi connectivity index (χ0v) is 18.8. The average Bonchev–Trinajstić information content (AvgIpc) is 2.80. The molecule has 1 aromatic heterocycles. The molecule has 32 heavy (non-hydrogen) atoms. The lowest BCUT2D eigenvalue weighted by atomic mass is 9.89. The fourth-order valence-corrected chi connectivity index (χ4v) is 4.94. The summed E-state index contributed by atoms with van der Waals surface area (Å²) >= 11 is 0. The summed E-state index contributed by atoms with van der Waals surface area (Å²) in [6.07, 6.45) is 7.76. The van der Waals surface area contributed by atoms with Gasteiger partial charge in [0, 0.05) is 31.7 Å². The Bertz CT molecular complexity index is 1020. The number of amides is 2. The monoisotopic (exact) mass is 433 g/mol. The third-order valence-electron chi connectivity index (χ3n) is 6.50. The molecule has 2 aliphatic carbocycles. The molecule has 1 saturated carbocycles. The predicted octanol–water partition coefficient (Wildman–Crippen LogP) is 3.60. The fraction of sp³-hybridized carbons (Fsp3) is 0.500. The molecule has 8 nitrogen and oxygen atoms in total. The van der Waals surface area contributed by atoms with Gasteiger partial charge in [0.25, 0.3) is 0 Å². The number of hydrogen-bond acceptors (Lipinski definition) is 6. The Morgan fingerprint density at radius 3 is 2.53 bits per heavy atom. The van der Waals surface area contributed by atoms with E-state index >= 15 is 0 Å². The molecule has 1 aromatic carbocycles. The summed E-state index contributed by atoms with van der Waals surface area (Å²) in [5.74, 6) is 1.71. The van der Waals surface area contributed by atoms with Gasteiger partial charge in [0.15, 0.2) is 0 Å². The lowest BCUT2D eigenvalue weighted by Crippen LogP contribution is -2.47. The second-order valence-corrected chi connectivity index (χ2v) is 8.88. The van der Waals surface area contributed by atoms with Gasteiger partial charge in [-0.25, -0.2) is 9.78 Å². The Morgan fingerprint density at radius 1 is 1.12 bits per heavy atom. The number of para-hydroxylation sites is 1. The van der Waals surface area contributed by atoms with Crippen molar-refractivity contribution in [2.24, 2.45) is 5.73 Å². The van der Waals surface area contributed by atoms with Crippen LogP contribution in [0.25, 0.3) is 0 Å². The number of aryl methyl sites for hydroxylation is 1. The van der Waals surface area contributed by atoms with Gasteiger partial charge in [0.2, 0.25) is 5.95 Å². The summed E-state index contributed by atoms with van der Waals surface area (Å²) in [7, 11) is 4.06. The second-order valence-electron chi connectivity index (χ2n) is 8.88. The van der Waals surface area contributed by atoms with E-state index in [2.05, 4.69) is 16.3 Å². The first-order valence-electron chi connectivity index (χ1n) is 11.4. The van der Waals surface area contributed by atoms with Gasteiger partial charge in [-0.1, -0.05) is 12.1 Å². The first-order chi connectivity index (χ1) is 15.5. The molecule has 2 aliphatic rings. The van der Waals surface area contributed by atoms with Gasteiger partial charge in [-0.3, -0.25) is 4.90 Å². The largest absolute Gasteiger partial charge is 0.362 e. The van der Waals surface area contributed by atoms with Crippen LogP contribution < -0.4 is 20.9 Å². The predicted molar refractivity (Wildman–Crippen MR) is 126 cm³/mol. The third kappa shape index (κ3) is 4.47. The number of aromatic nitrogens is 2. The van der Waals surface area contributed by atoms with E-state index in [0.717, 1.165) is 44.3 Å². The number of primary amides is 1. The van der Waals surface area contributed by atoms with Crippen molar-refractivity contribution in [3.8, 4) is 6.07 Å². The number of fused-ring (bicyclic) bond motifs is 1. The van der Waals surface area contributed by atoms with Gasteiger partial charge < -0.3 is 16.0 Å². The van der Waals surface area contributed by atoms with Crippen molar-refractivity contribution in [2.75, 3.05) is 29.2 Å². The number of anilines is 3. The number of hydrogen-bond donors (Lipinski definition) is 2. The van der Waals surface area contributed by atoms with Crippen molar-refractivity contribution in [2.45, 2.75) is 63.5 Å². The van der Waals surface area contributed by atoms with Gasteiger partial charge in [-0.05, 0) is 63.5 Å². The summed E-state index contributed by atoms with van der Waals surface area (Å²) in [4.78, 5) is 25.6. The molecule has 0 radical (unpaired) electrons. The number of carbonyl (C=O) groups excluding carboxylic acids is 1. The Balaban J connectivity index is 1.46. The summed E-state index contributed by atoms with van der Waals surface area (Å²) in [6.45, 7) is 0. The summed E-state index contributed by atoms with van der Waals surface area (Å²) in [5.41, 5.74) is 9.23. The van der Waals surface area contributed by atoms with Gasteiger partial charge in [-0.2, -0.15) is 10.2 Å². The van der Waals surface area contributed by atoms with Crippen LogP contribution in [0.15, 0.2) is 24.3 Å². The first kappa shape index (κ1) is 21.9. The van der Waals surface area contributed by atoms with Crippen LogP contribution in [0.5, 0.6) is 0 Å². The molecule has 1 fully saturated rings. The molecule has 0 bridgehead atoms. The minimum Gasteiger partial charge on any atom is -0.362 e. The molecule has 2 aromatic rings. The van der Waals surface area contributed by atoms with E-state index in [4.69, 9.17) is 15.7 Å². The highest BCUT2D eigenvalue weighted by atomic mass is 16.2. The molecule has 4 rings (SSSR count). The van der Waals surface area contributed by atoms with Crippen LogP contribution in [0.4, 0.5) is 22.2 Å². The van der Waals surface area contributed by atoms with Crippen molar-refractivity contribution in [1.82, 2.24) is 9.97 Å². The molecular weight excluding hydrogens is 402 g/mol. The number of nitrogens with two attached hydrogens (primary N) is 1. The Morgan fingerprint density at radius 2 is 1.84 bits per heavy atom. The number of carbonyl (C=O) groups is 1. The van der Waals surface area contributed by atoms with E-state index in [-0.39, 0.29) is 12.1 Å². The van der Waals surface area contributed by atoms with Crippen LogP contribution in [0.3, 0.4) is 0 Å². The van der Waals surface area contributed by atoms with Crippen LogP contribution in [0, 0.1) is 11.3 Å². The van der Waals surface area contributed by atoms with Crippen molar-refractivity contribution >= 4 is 23.5 Å². The molecule has 0 saturated heterocycles. The minimum atomic E-state index is -0.516. The maximum atomic E-state index is 12.3. The lowest BCUT2D eigenvalue weighted by molar-refractivity contribution is 0.248. The Kier molecular flexibility index (Phi) is 6.45. The Labute approximate surface area is 189 Å². The SMILES string of the molecule is CN(C)c1nc(NC2CCC(N(C(N)=O)c3ccccc3C#N)CC2)nc2c1CCCC2. The van der Waals surface area contributed by atoms with Gasteiger partial charge in [0.05, 0.1) is 16.9 Å². The molecule has 2 amide bonds. The molecule has 0 atom stereocenters. The summed E-state index contributed by atoms with van der Waals surface area (Å²) < 4.78 is 0. The van der Waals surface area contributed by atoms with Crippen LogP contribution >= 0.6 is 0 Å². The maximum absolute atomic E-state index is 12.3. The van der Waals surface area contributed by atoms with E-state index in [0.29, 0.717) is 17.2 Å². The van der Waals surface area contributed by atoms with Crippen LogP contribution in [-0.2, 0) is 12.8 Å². The smallest absolute Gasteiger partial charge is 0.319 e. The number of nitrogens with one attached hydrogen (secondary N) is 1. The van der Waals surface area contributed by atoms with Crippen LogP contribution in [-0.4, -0.2) is 42.2 Å². The molecule has 3 N–H and O–H groups in total. The maximum Gasteiger partial charge on any atom is 0.319 e. The van der Waals surface area contributed by atoms with E-state index in [1.54, 1.807) is 23.1 Å². The second kappa shape index (κ2) is 9.43. The molecule has 168 valence electrons. The molecule has 0 spiro atoms. The van der Waals surface area contributed by atoms with Gasteiger partial charge in [-0.15, -0.1) is 0 Å². The molecule has 1 heterocycles. The van der Waals surface area contributed by atoms with E-state index in [1.165, 1.54) is 24.1 Å². The number of rotatable bonds is 5. The van der Waals surface area contributed by atoms with Crippen molar-refractivity contribution in [3.63, 3.8) is 0 Å². The molecular formula is C24H31N7O. The highest BCUT2D eigenvalue weighted by molar-refractivity contribution is 5.92. The lowest BCUT2D eigenvalue weighted by Gasteiger charge is -2.36. The normalized spacial score (nSPS) is 20.0. The topological polar surface area (TPSA) is 111 Å². The third-order valence-corrected chi connectivity index (χ3v) is 6.50. The zero-order valence-electron chi connectivity index (χ0n) is 18.8.